The molecule has 1 saturated heterocycles. The van der Waals surface area contributed by atoms with Gasteiger partial charge in [0.25, 0.3) is 11.4 Å². The zero-order chi connectivity index (χ0) is 37.3. The summed E-state index contributed by atoms with van der Waals surface area (Å²) >= 11 is 0. The molecular weight excluding hydrogens is 679 g/mol. The fourth-order valence-electron chi connectivity index (χ4n) is 6.72. The molecule has 10 nitrogen and oxygen atoms in total. The third kappa shape index (κ3) is 6.71. The van der Waals surface area contributed by atoms with Crippen molar-refractivity contribution >= 4 is 11.4 Å². The van der Waals surface area contributed by atoms with E-state index >= 15 is 0 Å². The minimum Gasteiger partial charge on any atom is -0.508 e. The molecule has 0 aliphatic carbocycles. The van der Waals surface area contributed by atoms with Gasteiger partial charge in [-0.3, -0.25) is 20.2 Å². The lowest BCUT2D eigenvalue weighted by atomic mass is 9.78. The fourth-order valence-corrected chi connectivity index (χ4v) is 6.72. The van der Waals surface area contributed by atoms with Gasteiger partial charge < -0.3 is 19.3 Å². The Bertz CT molecular complexity index is 2210. The van der Waals surface area contributed by atoms with Gasteiger partial charge >= 0.3 is 0 Å². The third-order valence-corrected chi connectivity index (χ3v) is 9.60. The van der Waals surface area contributed by atoms with Gasteiger partial charge in [-0.2, -0.15) is 0 Å². The standard InChI is InChI=1S/C42H33FN2O8/c1-41(2,27-13-21-32(46)22-14-27)28-15-23-33(24-16-28)51-34-25-17-30(18-26-34)42(29-11-19-31(43)20-12-29)52-39(35-7-3-5-9-37(35)44(47)48)40(53-42)36-8-4-6-10-38(36)45(49)50/h3-26,39-40,46H,1-2H3. The largest absolute Gasteiger partial charge is 0.508 e. The molecule has 6 aromatic carbocycles. The van der Waals surface area contributed by atoms with E-state index in [1.165, 1.54) is 60.7 Å². The first-order chi connectivity index (χ1) is 25.5. The predicted molar refractivity (Wildman–Crippen MR) is 194 cm³/mol. The van der Waals surface area contributed by atoms with E-state index in [1.807, 2.05) is 36.4 Å². The molecule has 2 atom stereocenters. The molecule has 0 amide bonds. The first-order valence-electron chi connectivity index (χ1n) is 16.7. The van der Waals surface area contributed by atoms with Gasteiger partial charge in [-0.05, 0) is 83.9 Å². The van der Waals surface area contributed by atoms with Crippen molar-refractivity contribution in [2.24, 2.45) is 0 Å². The minimum absolute atomic E-state index is 0.154. The summed E-state index contributed by atoms with van der Waals surface area (Å²) in [5.41, 5.74) is 2.37. The van der Waals surface area contributed by atoms with Crippen molar-refractivity contribution in [2.45, 2.75) is 37.3 Å². The Balaban J connectivity index is 1.26. The van der Waals surface area contributed by atoms with Crippen LogP contribution in [-0.2, 0) is 20.7 Å². The highest BCUT2D eigenvalue weighted by Gasteiger charge is 2.54. The van der Waals surface area contributed by atoms with Crippen molar-refractivity contribution in [1.82, 2.24) is 0 Å². The molecule has 0 radical (unpaired) electrons. The van der Waals surface area contributed by atoms with Gasteiger partial charge in [0.2, 0.25) is 5.79 Å². The number of hydrogen-bond donors (Lipinski definition) is 1. The van der Waals surface area contributed by atoms with Crippen LogP contribution in [0.1, 0.15) is 59.4 Å². The van der Waals surface area contributed by atoms with Crippen molar-refractivity contribution in [3.05, 3.63) is 205 Å². The van der Waals surface area contributed by atoms with E-state index in [0.29, 0.717) is 22.6 Å². The highest BCUT2D eigenvalue weighted by molar-refractivity contribution is 5.50. The average molecular weight is 713 g/mol. The number of halogens is 1. The summed E-state index contributed by atoms with van der Waals surface area (Å²) in [6.45, 7) is 4.19. The van der Waals surface area contributed by atoms with Crippen molar-refractivity contribution < 1.29 is 33.6 Å². The molecule has 0 aromatic heterocycles. The molecule has 1 heterocycles. The Morgan fingerprint density at radius 3 is 1.47 bits per heavy atom. The molecule has 266 valence electrons. The molecule has 7 rings (SSSR count). The van der Waals surface area contributed by atoms with Crippen LogP contribution < -0.4 is 4.74 Å². The molecule has 0 bridgehead atoms. The van der Waals surface area contributed by atoms with E-state index in [0.717, 1.165) is 11.1 Å². The van der Waals surface area contributed by atoms with Crippen molar-refractivity contribution in [3.8, 4) is 17.2 Å². The number of phenols is 1. The van der Waals surface area contributed by atoms with Crippen LogP contribution in [0, 0.1) is 26.0 Å². The molecule has 2 unspecified atom stereocenters. The van der Waals surface area contributed by atoms with Crippen LogP contribution in [0.15, 0.2) is 146 Å². The van der Waals surface area contributed by atoms with Crippen molar-refractivity contribution in [2.75, 3.05) is 0 Å². The number of para-hydroxylation sites is 2. The molecule has 0 saturated carbocycles. The van der Waals surface area contributed by atoms with E-state index < -0.39 is 33.7 Å². The zero-order valence-corrected chi connectivity index (χ0v) is 28.6. The summed E-state index contributed by atoms with van der Waals surface area (Å²) < 4.78 is 34.0. The normalized spacial score (nSPS) is 18.4. The highest BCUT2D eigenvalue weighted by Crippen LogP contribution is 2.56. The van der Waals surface area contributed by atoms with Gasteiger partial charge in [-0.15, -0.1) is 0 Å². The quantitative estimate of drug-likeness (QED) is 0.110. The molecular formula is C42H33FN2O8. The van der Waals surface area contributed by atoms with E-state index in [9.17, 15) is 29.7 Å². The number of nitro groups is 2. The van der Waals surface area contributed by atoms with Gasteiger partial charge in [0.1, 0.15) is 35.3 Å². The lowest BCUT2D eigenvalue weighted by molar-refractivity contribution is -0.387. The maximum atomic E-state index is 14.3. The van der Waals surface area contributed by atoms with Crippen LogP contribution in [0.25, 0.3) is 0 Å². The summed E-state index contributed by atoms with van der Waals surface area (Å²) in [6.07, 6.45) is -2.38. The Labute approximate surface area is 304 Å². The van der Waals surface area contributed by atoms with Gasteiger partial charge in [-0.25, -0.2) is 4.39 Å². The molecule has 0 spiro atoms. The molecule has 53 heavy (non-hydrogen) atoms. The maximum Gasteiger partial charge on any atom is 0.275 e. The van der Waals surface area contributed by atoms with Crippen LogP contribution in [-0.4, -0.2) is 15.0 Å². The van der Waals surface area contributed by atoms with Gasteiger partial charge in [-0.1, -0.05) is 74.5 Å². The Kier molecular flexibility index (Phi) is 9.21. The number of ether oxygens (including phenoxy) is 3. The van der Waals surface area contributed by atoms with Crippen LogP contribution in [0.2, 0.25) is 0 Å². The Morgan fingerprint density at radius 1 is 0.623 bits per heavy atom. The predicted octanol–water partition coefficient (Wildman–Crippen LogP) is 10.2. The van der Waals surface area contributed by atoms with Crippen molar-refractivity contribution in [3.63, 3.8) is 0 Å². The maximum absolute atomic E-state index is 14.3. The third-order valence-electron chi connectivity index (χ3n) is 9.60. The number of nitrogens with zero attached hydrogens (tertiary/aromatic N) is 2. The van der Waals surface area contributed by atoms with Crippen LogP contribution in [0.5, 0.6) is 17.2 Å². The number of benzene rings is 6. The molecule has 1 N–H and O–H groups in total. The molecule has 6 aromatic rings. The number of nitro benzene ring substituents is 2. The second-order valence-corrected chi connectivity index (χ2v) is 13.2. The van der Waals surface area contributed by atoms with Gasteiger partial charge in [0.05, 0.1) is 21.0 Å². The van der Waals surface area contributed by atoms with Gasteiger partial charge in [0, 0.05) is 28.7 Å². The summed E-state index contributed by atoms with van der Waals surface area (Å²) in [4.78, 5) is 23.3. The summed E-state index contributed by atoms with van der Waals surface area (Å²) in [5.74, 6) is -1.02. The number of hydrogen-bond acceptors (Lipinski definition) is 8. The molecule has 1 aliphatic heterocycles. The van der Waals surface area contributed by atoms with Crippen molar-refractivity contribution in [1.29, 1.82) is 0 Å². The number of phenolic OH excluding ortho intramolecular Hbond substituents is 1. The van der Waals surface area contributed by atoms with Gasteiger partial charge in [0.15, 0.2) is 0 Å². The van der Waals surface area contributed by atoms with E-state index in [1.54, 1.807) is 48.5 Å². The molecule has 1 fully saturated rings. The van der Waals surface area contributed by atoms with E-state index in [2.05, 4.69) is 13.8 Å². The minimum atomic E-state index is -1.78. The number of aromatic hydroxyl groups is 1. The first-order valence-corrected chi connectivity index (χ1v) is 16.7. The summed E-state index contributed by atoms with van der Waals surface area (Å²) in [7, 11) is 0. The van der Waals surface area contributed by atoms with Crippen LogP contribution >= 0.6 is 0 Å². The fraction of sp³-hybridized carbons (Fsp3) is 0.143. The number of rotatable bonds is 10. The average Bonchev–Trinajstić information content (AvgIpc) is 3.57. The topological polar surface area (TPSA) is 134 Å². The Hall–Kier alpha value is -6.43. The molecule has 11 heteroatoms. The van der Waals surface area contributed by atoms with E-state index in [4.69, 9.17) is 14.2 Å². The second kappa shape index (κ2) is 13.9. The first kappa shape index (κ1) is 35.0. The SMILES string of the molecule is CC(C)(c1ccc(O)cc1)c1ccc(Oc2ccc(C3(c4ccc(F)cc4)OC(c4ccccc4[N+](=O)[O-])C(c4ccccc4[N+](=O)[O-])O3)cc2)cc1. The Morgan fingerprint density at radius 2 is 1.02 bits per heavy atom. The summed E-state index contributed by atoms with van der Waals surface area (Å²) in [6, 6.07) is 39.1. The van der Waals surface area contributed by atoms with Crippen LogP contribution in [0.3, 0.4) is 0 Å². The van der Waals surface area contributed by atoms with Crippen LogP contribution in [0.4, 0.5) is 15.8 Å². The summed E-state index contributed by atoms with van der Waals surface area (Å²) in [5, 5.41) is 34.1. The zero-order valence-electron chi connectivity index (χ0n) is 28.6. The smallest absolute Gasteiger partial charge is 0.275 e. The lowest BCUT2D eigenvalue weighted by Gasteiger charge is -2.29. The second-order valence-electron chi connectivity index (χ2n) is 13.2. The lowest BCUT2D eigenvalue weighted by Crippen LogP contribution is -2.29. The molecule has 1 aliphatic rings. The monoisotopic (exact) mass is 712 g/mol. The highest BCUT2D eigenvalue weighted by atomic mass is 19.1. The van der Waals surface area contributed by atoms with E-state index in [-0.39, 0.29) is 33.7 Å².